The summed E-state index contributed by atoms with van der Waals surface area (Å²) in [7, 11) is 0. The van der Waals surface area contributed by atoms with E-state index in [9.17, 15) is 19.7 Å². The van der Waals surface area contributed by atoms with Gasteiger partial charge < -0.3 is 14.6 Å². The molecule has 1 N–H and O–H groups in total. The molecule has 2 aromatic rings. The number of nitro groups is 1. The fourth-order valence-corrected chi connectivity index (χ4v) is 2.31. The molecule has 2 aromatic carbocycles. The van der Waals surface area contributed by atoms with Gasteiger partial charge in [0, 0.05) is 6.07 Å². The van der Waals surface area contributed by atoms with Gasteiger partial charge in [0.1, 0.15) is 5.75 Å². The van der Waals surface area contributed by atoms with Gasteiger partial charge in [0.25, 0.3) is 0 Å². The van der Waals surface area contributed by atoms with Crippen LogP contribution in [0.2, 0.25) is 0 Å². The summed E-state index contributed by atoms with van der Waals surface area (Å²) in [5, 5.41) is 19.9. The summed E-state index contributed by atoms with van der Waals surface area (Å²) < 4.78 is 10.7. The normalized spacial score (nSPS) is 11.4. The van der Waals surface area contributed by atoms with E-state index >= 15 is 0 Å². The van der Waals surface area contributed by atoms with Crippen molar-refractivity contribution in [3.63, 3.8) is 0 Å². The van der Waals surface area contributed by atoms with Crippen molar-refractivity contribution in [3.05, 3.63) is 62.6 Å². The van der Waals surface area contributed by atoms with Crippen molar-refractivity contribution >= 4 is 33.6 Å². The maximum Gasteiger partial charge on any atom is 0.352 e. The number of hydrogen-bond donors (Lipinski definition) is 1. The molecule has 9 heteroatoms. The first-order valence-electron chi connectivity index (χ1n) is 6.94. The van der Waals surface area contributed by atoms with Crippen molar-refractivity contribution in [2.75, 3.05) is 0 Å². The molecule has 0 aliphatic rings. The number of hydrogen-bond acceptors (Lipinski definition) is 6. The van der Waals surface area contributed by atoms with Crippen LogP contribution in [0.4, 0.5) is 5.69 Å². The molecule has 0 heterocycles. The standard InChI is InChI=1S/C16H12BrNO7/c1-9(24-14-5-3-2-4-12(14)18(22)23)16(21)25-13-7-6-10(15(19)20)8-11(13)17/h2-9H,1H3,(H,19,20). The average Bonchev–Trinajstić information content (AvgIpc) is 2.56. The second-order valence-corrected chi connectivity index (χ2v) is 5.71. The Balaban J connectivity index is 2.11. The molecule has 0 fully saturated rings. The highest BCUT2D eigenvalue weighted by molar-refractivity contribution is 9.10. The van der Waals surface area contributed by atoms with Crippen LogP contribution in [-0.2, 0) is 4.79 Å². The van der Waals surface area contributed by atoms with Gasteiger partial charge in [-0.3, -0.25) is 10.1 Å². The number of esters is 1. The minimum absolute atomic E-state index is 0.0240. The third-order valence-electron chi connectivity index (χ3n) is 3.09. The molecule has 2 rings (SSSR count). The monoisotopic (exact) mass is 409 g/mol. The maximum absolute atomic E-state index is 12.1. The van der Waals surface area contributed by atoms with Crippen molar-refractivity contribution in [1.82, 2.24) is 0 Å². The van der Waals surface area contributed by atoms with Crippen LogP contribution < -0.4 is 9.47 Å². The number of carboxylic acid groups (broad SMARTS) is 1. The van der Waals surface area contributed by atoms with E-state index in [0.717, 1.165) is 0 Å². The first kappa shape index (κ1) is 18.4. The molecular formula is C16H12BrNO7. The van der Waals surface area contributed by atoms with Gasteiger partial charge in [0.05, 0.1) is 15.0 Å². The number of carbonyl (C=O) groups excluding carboxylic acids is 1. The van der Waals surface area contributed by atoms with Crippen molar-refractivity contribution in [3.8, 4) is 11.5 Å². The van der Waals surface area contributed by atoms with Crippen LogP contribution in [0.25, 0.3) is 0 Å². The Morgan fingerprint density at radius 1 is 1.20 bits per heavy atom. The molecule has 0 spiro atoms. The van der Waals surface area contributed by atoms with Gasteiger partial charge in [-0.05, 0) is 47.1 Å². The van der Waals surface area contributed by atoms with E-state index < -0.39 is 23.0 Å². The summed E-state index contributed by atoms with van der Waals surface area (Å²) in [6, 6.07) is 9.55. The Morgan fingerprint density at radius 3 is 2.48 bits per heavy atom. The van der Waals surface area contributed by atoms with E-state index in [-0.39, 0.29) is 27.2 Å². The Hall–Kier alpha value is -2.94. The molecule has 0 saturated heterocycles. The lowest BCUT2D eigenvalue weighted by Gasteiger charge is -2.14. The van der Waals surface area contributed by atoms with Gasteiger partial charge in [-0.15, -0.1) is 0 Å². The van der Waals surface area contributed by atoms with Crippen LogP contribution in [0.1, 0.15) is 17.3 Å². The number of benzene rings is 2. The summed E-state index contributed by atoms with van der Waals surface area (Å²) >= 11 is 3.12. The van der Waals surface area contributed by atoms with Crippen molar-refractivity contribution in [2.45, 2.75) is 13.0 Å². The van der Waals surface area contributed by atoms with Crippen LogP contribution >= 0.6 is 15.9 Å². The molecule has 0 radical (unpaired) electrons. The van der Waals surface area contributed by atoms with Crippen LogP contribution in [0, 0.1) is 10.1 Å². The lowest BCUT2D eigenvalue weighted by Crippen LogP contribution is -2.28. The largest absolute Gasteiger partial charge is 0.478 e. The smallest absolute Gasteiger partial charge is 0.352 e. The van der Waals surface area contributed by atoms with Gasteiger partial charge in [0.15, 0.2) is 11.9 Å². The van der Waals surface area contributed by atoms with E-state index in [0.29, 0.717) is 0 Å². The number of nitrogens with zero attached hydrogens (tertiary/aromatic N) is 1. The van der Waals surface area contributed by atoms with E-state index in [1.807, 2.05) is 0 Å². The third-order valence-corrected chi connectivity index (χ3v) is 3.71. The molecule has 0 aromatic heterocycles. The zero-order chi connectivity index (χ0) is 18.6. The average molecular weight is 410 g/mol. The SMILES string of the molecule is CC(Oc1ccccc1[N+](=O)[O-])C(=O)Oc1ccc(C(=O)O)cc1Br. The fourth-order valence-electron chi connectivity index (χ4n) is 1.85. The predicted molar refractivity (Wildman–Crippen MR) is 89.9 cm³/mol. The van der Waals surface area contributed by atoms with E-state index in [4.69, 9.17) is 14.6 Å². The molecule has 8 nitrogen and oxygen atoms in total. The topological polar surface area (TPSA) is 116 Å². The van der Waals surface area contributed by atoms with Gasteiger partial charge >= 0.3 is 17.6 Å². The highest BCUT2D eigenvalue weighted by Gasteiger charge is 2.23. The Morgan fingerprint density at radius 2 is 1.88 bits per heavy atom. The summed E-state index contributed by atoms with van der Waals surface area (Å²) in [4.78, 5) is 33.3. The van der Waals surface area contributed by atoms with Gasteiger partial charge in [0.2, 0.25) is 0 Å². The zero-order valence-electron chi connectivity index (χ0n) is 12.8. The quantitative estimate of drug-likeness (QED) is 0.336. The number of ether oxygens (including phenoxy) is 2. The second-order valence-electron chi connectivity index (χ2n) is 4.86. The highest BCUT2D eigenvalue weighted by atomic mass is 79.9. The maximum atomic E-state index is 12.1. The minimum atomic E-state index is -1.12. The third kappa shape index (κ3) is 4.54. The lowest BCUT2D eigenvalue weighted by atomic mass is 10.2. The Labute approximate surface area is 150 Å². The zero-order valence-corrected chi connectivity index (χ0v) is 14.4. The van der Waals surface area contributed by atoms with E-state index in [1.165, 1.54) is 43.3 Å². The minimum Gasteiger partial charge on any atom is -0.478 e. The van der Waals surface area contributed by atoms with Crippen LogP contribution in [0.15, 0.2) is 46.9 Å². The molecule has 0 bridgehead atoms. The molecule has 0 aliphatic heterocycles. The van der Waals surface area contributed by atoms with Crippen LogP contribution in [0.3, 0.4) is 0 Å². The summed E-state index contributed by atoms with van der Waals surface area (Å²) in [5.74, 6) is -1.86. The molecule has 0 aliphatic carbocycles. The van der Waals surface area contributed by atoms with Crippen LogP contribution in [-0.4, -0.2) is 28.1 Å². The van der Waals surface area contributed by atoms with Gasteiger partial charge in [-0.1, -0.05) is 12.1 Å². The van der Waals surface area contributed by atoms with Crippen molar-refractivity contribution < 1.29 is 29.1 Å². The summed E-state index contributed by atoms with van der Waals surface area (Å²) in [6.07, 6.45) is -1.12. The molecule has 0 amide bonds. The highest BCUT2D eigenvalue weighted by Crippen LogP contribution is 2.29. The number of aromatic carboxylic acids is 1. The number of carboxylic acids is 1. The number of para-hydroxylation sites is 2. The first-order chi connectivity index (χ1) is 11.8. The fraction of sp³-hybridized carbons (Fsp3) is 0.125. The molecule has 1 atom stereocenters. The van der Waals surface area contributed by atoms with Crippen molar-refractivity contribution in [2.24, 2.45) is 0 Å². The Bertz CT molecular complexity index is 837. The second kappa shape index (κ2) is 7.75. The number of halogens is 1. The van der Waals surface area contributed by atoms with Gasteiger partial charge in [-0.25, -0.2) is 9.59 Å². The van der Waals surface area contributed by atoms with E-state index in [1.54, 1.807) is 6.07 Å². The first-order valence-corrected chi connectivity index (χ1v) is 7.73. The number of carbonyl (C=O) groups is 2. The van der Waals surface area contributed by atoms with Crippen molar-refractivity contribution in [1.29, 1.82) is 0 Å². The van der Waals surface area contributed by atoms with Crippen LogP contribution in [0.5, 0.6) is 11.5 Å². The number of rotatable bonds is 6. The van der Waals surface area contributed by atoms with Gasteiger partial charge in [-0.2, -0.15) is 0 Å². The Kier molecular flexibility index (Phi) is 5.71. The summed E-state index contributed by atoms with van der Waals surface area (Å²) in [6.45, 7) is 1.39. The molecular weight excluding hydrogens is 398 g/mol. The summed E-state index contributed by atoms with van der Waals surface area (Å²) in [5.41, 5.74) is -0.245. The molecule has 25 heavy (non-hydrogen) atoms. The lowest BCUT2D eigenvalue weighted by molar-refractivity contribution is -0.386. The molecule has 0 saturated carbocycles. The predicted octanol–water partition coefficient (Wildman–Crippen LogP) is 3.43. The number of nitro benzene ring substituents is 1. The van der Waals surface area contributed by atoms with E-state index in [2.05, 4.69) is 15.9 Å². The molecule has 1 unspecified atom stereocenters. The molecule has 130 valence electrons.